The smallest absolute Gasteiger partial charge is 0.253 e. The highest BCUT2D eigenvalue weighted by molar-refractivity contribution is 5.95. The van der Waals surface area contributed by atoms with Crippen LogP contribution in [0.15, 0.2) is 53.1 Å². The minimum Gasteiger partial charge on any atom is -0.497 e. The van der Waals surface area contributed by atoms with Gasteiger partial charge in [-0.2, -0.15) is 4.98 Å². The van der Waals surface area contributed by atoms with Crippen molar-refractivity contribution in [1.29, 1.82) is 0 Å². The number of nitrogens with one attached hydrogen (secondary N) is 1. The lowest BCUT2D eigenvalue weighted by atomic mass is 9.95. The summed E-state index contributed by atoms with van der Waals surface area (Å²) in [5.41, 5.74) is 2.10. The molecule has 0 bridgehead atoms. The molecule has 3 aromatic rings. The number of hydrogen-bond acceptors (Lipinski definition) is 6. The van der Waals surface area contributed by atoms with Crippen LogP contribution in [0.4, 0.5) is 5.69 Å². The molecule has 0 radical (unpaired) electrons. The van der Waals surface area contributed by atoms with E-state index in [2.05, 4.69) is 15.5 Å². The van der Waals surface area contributed by atoms with Gasteiger partial charge < -0.3 is 19.5 Å². The van der Waals surface area contributed by atoms with Gasteiger partial charge in [-0.05, 0) is 37.1 Å². The number of carbonyl (C=O) groups is 2. The van der Waals surface area contributed by atoms with E-state index in [0.717, 1.165) is 5.56 Å². The van der Waals surface area contributed by atoms with Crippen molar-refractivity contribution in [3.05, 3.63) is 60.0 Å². The summed E-state index contributed by atoms with van der Waals surface area (Å²) < 4.78 is 10.2. The number of benzene rings is 2. The maximum Gasteiger partial charge on any atom is 0.253 e. The first-order chi connectivity index (χ1) is 15.0. The third kappa shape index (κ3) is 4.74. The maximum atomic E-state index is 12.9. The van der Waals surface area contributed by atoms with Crippen molar-refractivity contribution in [2.45, 2.75) is 19.8 Å². The van der Waals surface area contributed by atoms with Gasteiger partial charge >= 0.3 is 0 Å². The van der Waals surface area contributed by atoms with Crippen molar-refractivity contribution in [3.63, 3.8) is 0 Å². The van der Waals surface area contributed by atoms with E-state index >= 15 is 0 Å². The molecule has 1 N–H and O–H groups in total. The topological polar surface area (TPSA) is 97.6 Å². The number of hydrogen-bond donors (Lipinski definition) is 1. The highest BCUT2D eigenvalue weighted by Gasteiger charge is 2.28. The van der Waals surface area contributed by atoms with Crippen LogP contribution in [0, 0.1) is 12.8 Å². The second kappa shape index (κ2) is 8.99. The molecule has 160 valence electrons. The zero-order valence-corrected chi connectivity index (χ0v) is 17.5. The predicted molar refractivity (Wildman–Crippen MR) is 115 cm³/mol. The molecule has 31 heavy (non-hydrogen) atoms. The molecule has 1 fully saturated rings. The van der Waals surface area contributed by atoms with E-state index in [1.807, 2.05) is 30.3 Å². The maximum absolute atomic E-state index is 12.9. The number of rotatable bonds is 5. The zero-order chi connectivity index (χ0) is 21.8. The first-order valence-corrected chi connectivity index (χ1v) is 10.2. The second-order valence-electron chi connectivity index (χ2n) is 7.50. The highest BCUT2D eigenvalue weighted by Crippen LogP contribution is 2.23. The summed E-state index contributed by atoms with van der Waals surface area (Å²) in [5, 5.41) is 6.83. The fourth-order valence-corrected chi connectivity index (χ4v) is 3.65. The molecular weight excluding hydrogens is 396 g/mol. The average Bonchev–Trinajstić information content (AvgIpc) is 3.25. The number of ether oxygens (including phenoxy) is 1. The van der Waals surface area contributed by atoms with E-state index in [0.29, 0.717) is 54.6 Å². The molecule has 0 atom stereocenters. The Morgan fingerprint density at radius 3 is 2.52 bits per heavy atom. The summed E-state index contributed by atoms with van der Waals surface area (Å²) in [6, 6.07) is 14.4. The summed E-state index contributed by atoms with van der Waals surface area (Å²) in [7, 11) is 1.59. The number of methoxy groups -OCH3 is 1. The molecule has 1 aliphatic heterocycles. The molecule has 8 nitrogen and oxygen atoms in total. The molecule has 1 saturated heterocycles. The van der Waals surface area contributed by atoms with Gasteiger partial charge in [0.15, 0.2) is 0 Å². The summed E-state index contributed by atoms with van der Waals surface area (Å²) >= 11 is 0. The number of likely N-dealkylation sites (tertiary alicyclic amines) is 1. The molecule has 0 saturated carbocycles. The van der Waals surface area contributed by atoms with Crippen molar-refractivity contribution >= 4 is 17.5 Å². The number of anilines is 1. The molecule has 0 aliphatic carbocycles. The number of amides is 2. The average molecular weight is 420 g/mol. The van der Waals surface area contributed by atoms with Gasteiger partial charge in [-0.1, -0.05) is 23.4 Å². The van der Waals surface area contributed by atoms with Crippen molar-refractivity contribution in [1.82, 2.24) is 15.0 Å². The highest BCUT2D eigenvalue weighted by atomic mass is 16.5. The van der Waals surface area contributed by atoms with Crippen molar-refractivity contribution in [2.75, 3.05) is 25.5 Å². The van der Waals surface area contributed by atoms with E-state index in [4.69, 9.17) is 9.26 Å². The van der Waals surface area contributed by atoms with Gasteiger partial charge in [0, 0.05) is 48.8 Å². The molecule has 1 aromatic heterocycles. The molecule has 1 aliphatic rings. The summed E-state index contributed by atoms with van der Waals surface area (Å²) in [6.45, 7) is 2.82. The molecule has 2 heterocycles. The quantitative estimate of drug-likeness (QED) is 0.678. The van der Waals surface area contributed by atoms with Crippen LogP contribution in [-0.4, -0.2) is 47.1 Å². The number of nitrogens with zero attached hydrogens (tertiary/aromatic N) is 3. The largest absolute Gasteiger partial charge is 0.497 e. The minimum atomic E-state index is -0.126. The number of carbonyl (C=O) groups excluding carboxylic acids is 2. The van der Waals surface area contributed by atoms with E-state index in [-0.39, 0.29) is 17.7 Å². The normalized spacial score (nSPS) is 14.3. The SMILES string of the molecule is COc1cccc(NC(=O)C2CCN(C(=O)c3ccc(-c4noc(C)n4)cc3)CC2)c1. The van der Waals surface area contributed by atoms with Crippen LogP contribution >= 0.6 is 0 Å². The van der Waals surface area contributed by atoms with Gasteiger partial charge in [0.2, 0.25) is 17.6 Å². The Hall–Kier alpha value is -3.68. The van der Waals surface area contributed by atoms with Gasteiger partial charge in [-0.3, -0.25) is 9.59 Å². The van der Waals surface area contributed by atoms with Crippen LogP contribution in [0.25, 0.3) is 11.4 Å². The predicted octanol–water partition coefficient (Wildman–Crippen LogP) is 3.54. The van der Waals surface area contributed by atoms with E-state index in [1.165, 1.54) is 0 Å². The molecule has 2 amide bonds. The number of aromatic nitrogens is 2. The van der Waals surface area contributed by atoms with Gasteiger partial charge in [0.05, 0.1) is 7.11 Å². The Morgan fingerprint density at radius 2 is 1.87 bits per heavy atom. The van der Waals surface area contributed by atoms with Gasteiger partial charge in [0.25, 0.3) is 5.91 Å². The summed E-state index contributed by atoms with van der Waals surface area (Å²) in [4.78, 5) is 31.5. The first-order valence-electron chi connectivity index (χ1n) is 10.2. The third-order valence-corrected chi connectivity index (χ3v) is 5.41. The van der Waals surface area contributed by atoms with Gasteiger partial charge in [-0.25, -0.2) is 0 Å². The summed E-state index contributed by atoms with van der Waals surface area (Å²) in [5.74, 6) is 1.49. The van der Waals surface area contributed by atoms with Gasteiger partial charge in [-0.15, -0.1) is 0 Å². The standard InChI is InChI=1S/C23H24N4O4/c1-15-24-21(26-31-15)16-6-8-18(9-7-16)23(29)27-12-10-17(11-13-27)22(28)25-19-4-3-5-20(14-19)30-2/h3-9,14,17H,10-13H2,1-2H3,(H,25,28). The fourth-order valence-electron chi connectivity index (χ4n) is 3.65. The van der Waals surface area contributed by atoms with Crippen LogP contribution in [0.5, 0.6) is 5.75 Å². The lowest BCUT2D eigenvalue weighted by Gasteiger charge is -2.31. The number of aryl methyl sites for hydroxylation is 1. The number of piperidine rings is 1. The third-order valence-electron chi connectivity index (χ3n) is 5.41. The van der Waals surface area contributed by atoms with Crippen LogP contribution in [0.2, 0.25) is 0 Å². The molecule has 4 rings (SSSR count). The molecule has 0 spiro atoms. The van der Waals surface area contributed by atoms with Gasteiger partial charge in [0.1, 0.15) is 5.75 Å². The van der Waals surface area contributed by atoms with Crippen molar-refractivity contribution < 1.29 is 18.8 Å². The molecule has 0 unspecified atom stereocenters. The monoisotopic (exact) mass is 420 g/mol. The minimum absolute atomic E-state index is 0.0277. The Morgan fingerprint density at radius 1 is 1.13 bits per heavy atom. The van der Waals surface area contributed by atoms with E-state index < -0.39 is 0 Å². The first kappa shape index (κ1) is 20.6. The van der Waals surface area contributed by atoms with E-state index in [1.54, 1.807) is 37.1 Å². The fraction of sp³-hybridized carbons (Fsp3) is 0.304. The Kier molecular flexibility index (Phi) is 5.97. The van der Waals surface area contributed by atoms with Crippen molar-refractivity contribution in [3.8, 4) is 17.1 Å². The zero-order valence-electron chi connectivity index (χ0n) is 17.5. The van der Waals surface area contributed by atoms with Crippen LogP contribution in [0.1, 0.15) is 29.1 Å². The Labute approximate surface area is 180 Å². The lowest BCUT2D eigenvalue weighted by molar-refractivity contribution is -0.121. The molecular formula is C23H24N4O4. The summed E-state index contributed by atoms with van der Waals surface area (Å²) in [6.07, 6.45) is 1.25. The Balaban J connectivity index is 1.32. The van der Waals surface area contributed by atoms with Crippen molar-refractivity contribution in [2.24, 2.45) is 5.92 Å². The Bertz CT molecular complexity index is 1070. The molecule has 2 aromatic carbocycles. The van der Waals surface area contributed by atoms with Crippen LogP contribution in [0.3, 0.4) is 0 Å². The second-order valence-corrected chi connectivity index (χ2v) is 7.50. The lowest BCUT2D eigenvalue weighted by Crippen LogP contribution is -2.41. The van der Waals surface area contributed by atoms with Crippen LogP contribution in [-0.2, 0) is 4.79 Å². The van der Waals surface area contributed by atoms with E-state index in [9.17, 15) is 9.59 Å². The van der Waals surface area contributed by atoms with Crippen LogP contribution < -0.4 is 10.1 Å². The molecule has 8 heteroatoms.